The Labute approximate surface area is 130 Å². The van der Waals surface area contributed by atoms with E-state index in [-0.39, 0.29) is 11.9 Å². The first-order valence-electron chi connectivity index (χ1n) is 6.69. The molecule has 0 aliphatic rings. The molecule has 116 valence electrons. The van der Waals surface area contributed by atoms with Crippen LogP contribution in [0.1, 0.15) is 12.5 Å². The lowest BCUT2D eigenvalue weighted by molar-refractivity contribution is -0.144. The van der Waals surface area contributed by atoms with Crippen LogP contribution in [0.5, 0.6) is 0 Å². The molecule has 1 heterocycles. The zero-order valence-electron chi connectivity index (χ0n) is 12.5. The molecule has 1 rings (SSSR count). The first kappa shape index (κ1) is 17.2. The molecule has 1 aromatic heterocycles. The van der Waals surface area contributed by atoms with Crippen molar-refractivity contribution in [1.29, 1.82) is 0 Å². The minimum Gasteiger partial charge on any atom is -0.469 e. The average Bonchev–Trinajstić information content (AvgIpc) is 2.51. The number of carbonyl (C=O) groups is 1. The highest BCUT2D eigenvalue weighted by atomic mass is 35.5. The number of esters is 1. The monoisotopic (exact) mass is 312 g/mol. The fourth-order valence-corrected chi connectivity index (χ4v) is 1.75. The quantitative estimate of drug-likeness (QED) is 0.358. The van der Waals surface area contributed by atoms with E-state index in [1.165, 1.54) is 7.11 Å². The minimum absolute atomic E-state index is 0.228. The Kier molecular flexibility index (Phi) is 7.53. The van der Waals surface area contributed by atoms with Crippen molar-refractivity contribution in [3.05, 3.63) is 29.0 Å². The smallest absolute Gasteiger partial charge is 0.310 e. The molecule has 6 nitrogen and oxygen atoms in total. The highest BCUT2D eigenvalue weighted by molar-refractivity contribution is 6.29. The van der Waals surface area contributed by atoms with E-state index in [0.717, 1.165) is 12.0 Å². The number of nitrogens with one attached hydrogen (secondary N) is 2. The fourth-order valence-electron chi connectivity index (χ4n) is 1.63. The fraction of sp³-hybridized carbons (Fsp3) is 0.500. The van der Waals surface area contributed by atoms with Gasteiger partial charge in [0.15, 0.2) is 5.96 Å². The van der Waals surface area contributed by atoms with E-state index < -0.39 is 0 Å². The van der Waals surface area contributed by atoms with Crippen LogP contribution in [0.3, 0.4) is 0 Å². The average molecular weight is 313 g/mol. The molecular weight excluding hydrogens is 292 g/mol. The normalized spacial score (nSPS) is 12.7. The molecule has 0 fully saturated rings. The van der Waals surface area contributed by atoms with E-state index in [0.29, 0.717) is 24.2 Å². The van der Waals surface area contributed by atoms with E-state index in [1.54, 1.807) is 26.2 Å². The van der Waals surface area contributed by atoms with Gasteiger partial charge in [0.1, 0.15) is 5.15 Å². The molecule has 1 aromatic rings. The van der Waals surface area contributed by atoms with Gasteiger partial charge in [-0.05, 0) is 18.1 Å². The van der Waals surface area contributed by atoms with Gasteiger partial charge in [-0.2, -0.15) is 0 Å². The van der Waals surface area contributed by atoms with Crippen molar-refractivity contribution in [2.75, 3.05) is 27.2 Å². The third-order valence-corrected chi connectivity index (χ3v) is 3.12. The maximum Gasteiger partial charge on any atom is 0.310 e. The largest absolute Gasteiger partial charge is 0.469 e. The van der Waals surface area contributed by atoms with Crippen LogP contribution in [0.15, 0.2) is 23.3 Å². The van der Waals surface area contributed by atoms with Crippen molar-refractivity contribution in [2.24, 2.45) is 10.9 Å². The Morgan fingerprint density at radius 2 is 2.24 bits per heavy atom. The van der Waals surface area contributed by atoms with Gasteiger partial charge in [0.25, 0.3) is 0 Å². The maximum atomic E-state index is 11.3. The Balaban J connectivity index is 2.31. The zero-order chi connectivity index (χ0) is 15.7. The van der Waals surface area contributed by atoms with Gasteiger partial charge in [0.05, 0.1) is 13.0 Å². The molecule has 7 heteroatoms. The number of ether oxygens (including phenoxy) is 1. The topological polar surface area (TPSA) is 75.6 Å². The number of hydrogen-bond acceptors (Lipinski definition) is 4. The summed E-state index contributed by atoms with van der Waals surface area (Å²) in [7, 11) is 3.06. The molecule has 0 saturated heterocycles. The molecule has 0 spiro atoms. The standard InChI is InChI=1S/C14H21ClN4O2/c1-10(13(20)21-3)8-19-14(16-2)17-7-6-11-4-5-12(15)18-9-11/h4-5,9-10H,6-8H2,1-3H3,(H2,16,17,19). The molecule has 0 amide bonds. The zero-order valence-corrected chi connectivity index (χ0v) is 13.3. The van der Waals surface area contributed by atoms with E-state index in [1.807, 2.05) is 6.07 Å². The van der Waals surface area contributed by atoms with E-state index >= 15 is 0 Å². The van der Waals surface area contributed by atoms with Crippen LogP contribution >= 0.6 is 11.6 Å². The van der Waals surface area contributed by atoms with Crippen LogP contribution in [0.4, 0.5) is 0 Å². The summed E-state index contributed by atoms with van der Waals surface area (Å²) in [6.45, 7) is 2.97. The Morgan fingerprint density at radius 1 is 1.48 bits per heavy atom. The number of methoxy groups -OCH3 is 1. The van der Waals surface area contributed by atoms with Crippen molar-refractivity contribution in [1.82, 2.24) is 15.6 Å². The van der Waals surface area contributed by atoms with Crippen molar-refractivity contribution in [3.63, 3.8) is 0 Å². The van der Waals surface area contributed by atoms with Crippen molar-refractivity contribution < 1.29 is 9.53 Å². The lowest BCUT2D eigenvalue weighted by atomic mass is 10.2. The molecule has 2 N–H and O–H groups in total. The van der Waals surface area contributed by atoms with Gasteiger partial charge in [0, 0.05) is 26.3 Å². The third-order valence-electron chi connectivity index (χ3n) is 2.90. The molecule has 0 saturated carbocycles. The lowest BCUT2D eigenvalue weighted by Crippen LogP contribution is -2.41. The van der Waals surface area contributed by atoms with E-state index in [9.17, 15) is 4.79 Å². The summed E-state index contributed by atoms with van der Waals surface area (Å²) in [5.74, 6) is 0.173. The van der Waals surface area contributed by atoms with Crippen molar-refractivity contribution >= 4 is 23.5 Å². The number of pyridine rings is 1. The van der Waals surface area contributed by atoms with Gasteiger partial charge in [-0.15, -0.1) is 0 Å². The molecule has 0 aliphatic heterocycles. The summed E-state index contributed by atoms with van der Waals surface area (Å²) in [6.07, 6.45) is 2.55. The number of aliphatic imine (C=N–C) groups is 1. The summed E-state index contributed by atoms with van der Waals surface area (Å²) in [4.78, 5) is 19.4. The van der Waals surface area contributed by atoms with Crippen LogP contribution in [-0.2, 0) is 16.0 Å². The number of aromatic nitrogens is 1. The summed E-state index contributed by atoms with van der Waals surface area (Å²) in [6, 6.07) is 3.70. The molecule has 21 heavy (non-hydrogen) atoms. The number of rotatable bonds is 6. The minimum atomic E-state index is -0.245. The van der Waals surface area contributed by atoms with Crippen molar-refractivity contribution in [3.8, 4) is 0 Å². The van der Waals surface area contributed by atoms with Crippen LogP contribution in [0, 0.1) is 5.92 Å². The SMILES string of the molecule is CN=C(NCCc1ccc(Cl)nc1)NCC(C)C(=O)OC. The van der Waals surface area contributed by atoms with Crippen LogP contribution in [0.25, 0.3) is 0 Å². The number of nitrogens with zero attached hydrogens (tertiary/aromatic N) is 2. The van der Waals surface area contributed by atoms with Gasteiger partial charge in [0.2, 0.25) is 0 Å². The maximum absolute atomic E-state index is 11.3. The van der Waals surface area contributed by atoms with E-state index in [2.05, 4.69) is 25.3 Å². The summed E-state index contributed by atoms with van der Waals surface area (Å²) < 4.78 is 4.67. The predicted molar refractivity (Wildman–Crippen MR) is 83.5 cm³/mol. The Hall–Kier alpha value is -1.82. The molecule has 0 aliphatic carbocycles. The van der Waals surface area contributed by atoms with Crippen LogP contribution < -0.4 is 10.6 Å². The summed E-state index contributed by atoms with van der Waals surface area (Å²) in [5, 5.41) is 6.74. The Bertz CT molecular complexity index is 476. The second kappa shape index (κ2) is 9.18. The molecule has 0 radical (unpaired) electrons. The predicted octanol–water partition coefficient (Wildman–Crippen LogP) is 1.25. The molecule has 1 atom stereocenters. The third kappa shape index (κ3) is 6.44. The highest BCUT2D eigenvalue weighted by Gasteiger charge is 2.13. The first-order valence-corrected chi connectivity index (χ1v) is 7.07. The number of halogens is 1. The van der Waals surface area contributed by atoms with Crippen molar-refractivity contribution in [2.45, 2.75) is 13.3 Å². The van der Waals surface area contributed by atoms with Crippen LogP contribution in [0.2, 0.25) is 5.15 Å². The summed E-state index contributed by atoms with van der Waals surface area (Å²) >= 11 is 5.73. The van der Waals surface area contributed by atoms with Gasteiger partial charge < -0.3 is 15.4 Å². The molecule has 0 bridgehead atoms. The van der Waals surface area contributed by atoms with E-state index in [4.69, 9.17) is 11.6 Å². The molecule has 1 unspecified atom stereocenters. The highest BCUT2D eigenvalue weighted by Crippen LogP contribution is 2.05. The van der Waals surface area contributed by atoms with Gasteiger partial charge in [-0.25, -0.2) is 4.98 Å². The van der Waals surface area contributed by atoms with Crippen LogP contribution in [-0.4, -0.2) is 44.2 Å². The van der Waals surface area contributed by atoms with Gasteiger partial charge >= 0.3 is 5.97 Å². The van der Waals surface area contributed by atoms with Gasteiger partial charge in [-0.1, -0.05) is 24.6 Å². The Morgan fingerprint density at radius 3 is 2.81 bits per heavy atom. The molecule has 0 aromatic carbocycles. The lowest BCUT2D eigenvalue weighted by Gasteiger charge is -2.14. The first-order chi connectivity index (χ1) is 10.1. The second-order valence-corrected chi connectivity index (χ2v) is 4.93. The number of hydrogen-bond donors (Lipinski definition) is 2. The molecular formula is C14H21ClN4O2. The number of guanidine groups is 1. The number of carbonyl (C=O) groups excluding carboxylic acids is 1. The second-order valence-electron chi connectivity index (χ2n) is 4.54. The van der Waals surface area contributed by atoms with Gasteiger partial charge in [-0.3, -0.25) is 9.79 Å². The summed E-state index contributed by atoms with van der Waals surface area (Å²) in [5.41, 5.74) is 1.09.